The summed E-state index contributed by atoms with van der Waals surface area (Å²) in [6.45, 7) is 5.10. The number of hydrogen-bond acceptors (Lipinski definition) is 2. The Bertz CT molecular complexity index is 594. The van der Waals surface area contributed by atoms with Gasteiger partial charge >= 0.3 is 0 Å². The van der Waals surface area contributed by atoms with Crippen molar-refractivity contribution in [3.05, 3.63) is 21.9 Å². The molecule has 1 aliphatic heterocycles. The summed E-state index contributed by atoms with van der Waals surface area (Å²) >= 11 is 12.1. The average molecular weight is 374 g/mol. The second-order valence-corrected chi connectivity index (χ2v) is 6.59. The summed E-state index contributed by atoms with van der Waals surface area (Å²) in [6, 6.07) is 1.80. The van der Waals surface area contributed by atoms with Gasteiger partial charge in [-0.2, -0.15) is 0 Å². The number of carbonyl (C=O) groups excluding carboxylic acids is 1. The maximum Gasteiger partial charge on any atom is 0.241 e. The predicted octanol–water partition coefficient (Wildman–Crippen LogP) is 2.40. The van der Waals surface area contributed by atoms with E-state index in [1.807, 2.05) is 18.9 Å². The van der Waals surface area contributed by atoms with Gasteiger partial charge in [0.25, 0.3) is 0 Å². The van der Waals surface area contributed by atoms with Gasteiger partial charge in [0.15, 0.2) is 5.96 Å². The van der Waals surface area contributed by atoms with Crippen molar-refractivity contribution in [2.75, 3.05) is 26.2 Å². The third kappa shape index (κ3) is 5.05. The van der Waals surface area contributed by atoms with Crippen LogP contribution >= 0.6 is 23.2 Å². The number of guanidine groups is 1. The molecule has 1 aromatic rings. The van der Waals surface area contributed by atoms with Gasteiger partial charge in [0.05, 0.1) is 18.1 Å². The lowest BCUT2D eigenvalue weighted by Crippen LogP contribution is -2.46. The van der Waals surface area contributed by atoms with Crippen LogP contribution in [0, 0.1) is 0 Å². The number of nitrogens with zero attached hydrogens (tertiary/aromatic N) is 3. The number of likely N-dealkylation sites (tertiary alicyclic amines) is 1. The van der Waals surface area contributed by atoms with Crippen LogP contribution in [0.1, 0.15) is 31.9 Å². The SMILES string of the molecule is CCNC(=NCc1cc(Cl)c(Cl)n1C)NCC(=O)N1CCCCC1. The van der Waals surface area contributed by atoms with Gasteiger partial charge in [-0.1, -0.05) is 23.2 Å². The number of rotatable bonds is 5. The van der Waals surface area contributed by atoms with Gasteiger partial charge in [-0.05, 0) is 32.3 Å². The Balaban J connectivity index is 1.92. The van der Waals surface area contributed by atoms with E-state index in [2.05, 4.69) is 15.6 Å². The highest BCUT2D eigenvalue weighted by Gasteiger charge is 2.16. The summed E-state index contributed by atoms with van der Waals surface area (Å²) in [5.74, 6) is 0.724. The van der Waals surface area contributed by atoms with Gasteiger partial charge in [0.1, 0.15) is 5.15 Å². The van der Waals surface area contributed by atoms with E-state index < -0.39 is 0 Å². The van der Waals surface area contributed by atoms with E-state index in [-0.39, 0.29) is 12.5 Å². The molecule has 0 aromatic carbocycles. The fraction of sp³-hybridized carbons (Fsp3) is 0.625. The molecule has 1 fully saturated rings. The van der Waals surface area contributed by atoms with Crippen LogP contribution in [0.5, 0.6) is 0 Å². The fourth-order valence-corrected chi connectivity index (χ4v) is 3.07. The van der Waals surface area contributed by atoms with Crippen molar-refractivity contribution in [1.29, 1.82) is 0 Å². The average Bonchev–Trinajstić information content (AvgIpc) is 2.85. The zero-order chi connectivity index (χ0) is 17.5. The molecule has 2 rings (SSSR count). The van der Waals surface area contributed by atoms with E-state index in [1.165, 1.54) is 6.42 Å². The number of piperidine rings is 1. The van der Waals surface area contributed by atoms with Crippen molar-refractivity contribution in [2.45, 2.75) is 32.7 Å². The van der Waals surface area contributed by atoms with Crippen molar-refractivity contribution in [3.63, 3.8) is 0 Å². The maximum absolute atomic E-state index is 12.2. The van der Waals surface area contributed by atoms with E-state index in [4.69, 9.17) is 23.2 Å². The van der Waals surface area contributed by atoms with E-state index >= 15 is 0 Å². The quantitative estimate of drug-likeness (QED) is 0.615. The minimum atomic E-state index is 0.116. The van der Waals surface area contributed by atoms with Gasteiger partial charge in [-0.25, -0.2) is 4.99 Å². The Morgan fingerprint density at radius 2 is 1.96 bits per heavy atom. The molecule has 134 valence electrons. The largest absolute Gasteiger partial charge is 0.357 e. The molecule has 0 bridgehead atoms. The summed E-state index contributed by atoms with van der Waals surface area (Å²) in [6.07, 6.45) is 3.40. The smallest absolute Gasteiger partial charge is 0.241 e. The van der Waals surface area contributed by atoms with E-state index in [1.54, 1.807) is 10.6 Å². The number of halogens is 2. The summed E-state index contributed by atoms with van der Waals surface area (Å²) in [5, 5.41) is 7.26. The Labute approximate surface area is 153 Å². The highest BCUT2D eigenvalue weighted by atomic mass is 35.5. The lowest BCUT2D eigenvalue weighted by atomic mass is 10.1. The maximum atomic E-state index is 12.2. The second-order valence-electron chi connectivity index (χ2n) is 5.82. The third-order valence-corrected chi connectivity index (χ3v) is 4.92. The van der Waals surface area contributed by atoms with Crippen molar-refractivity contribution in [2.24, 2.45) is 12.0 Å². The molecule has 0 spiro atoms. The van der Waals surface area contributed by atoms with Crippen molar-refractivity contribution < 1.29 is 4.79 Å². The molecule has 2 N–H and O–H groups in total. The van der Waals surface area contributed by atoms with Crippen molar-refractivity contribution in [3.8, 4) is 0 Å². The molecule has 24 heavy (non-hydrogen) atoms. The normalized spacial score (nSPS) is 15.5. The summed E-state index contributed by atoms with van der Waals surface area (Å²) in [5.41, 5.74) is 0.907. The number of aromatic nitrogens is 1. The molecule has 0 aliphatic carbocycles. The lowest BCUT2D eigenvalue weighted by Gasteiger charge is -2.27. The topological polar surface area (TPSA) is 61.7 Å². The first-order valence-electron chi connectivity index (χ1n) is 8.32. The van der Waals surface area contributed by atoms with Gasteiger partial charge in [0, 0.05) is 32.4 Å². The molecular formula is C16H25Cl2N5O. The predicted molar refractivity (Wildman–Crippen MR) is 98.7 cm³/mol. The van der Waals surface area contributed by atoms with Gasteiger partial charge in [0.2, 0.25) is 5.91 Å². The molecule has 2 heterocycles. The van der Waals surface area contributed by atoms with Crippen LogP contribution < -0.4 is 10.6 Å². The number of hydrogen-bond donors (Lipinski definition) is 2. The van der Waals surface area contributed by atoms with Crippen molar-refractivity contribution in [1.82, 2.24) is 20.1 Å². The van der Waals surface area contributed by atoms with Gasteiger partial charge in [-0.3, -0.25) is 4.79 Å². The Morgan fingerprint density at radius 3 is 2.54 bits per heavy atom. The number of carbonyl (C=O) groups is 1. The van der Waals surface area contributed by atoms with E-state index in [0.29, 0.717) is 22.7 Å². The molecule has 0 unspecified atom stereocenters. The molecule has 1 saturated heterocycles. The van der Waals surface area contributed by atoms with Gasteiger partial charge in [-0.15, -0.1) is 0 Å². The van der Waals surface area contributed by atoms with Crippen LogP contribution in [-0.2, 0) is 18.4 Å². The molecule has 1 amide bonds. The van der Waals surface area contributed by atoms with Crippen LogP contribution in [0.15, 0.2) is 11.1 Å². The first-order valence-corrected chi connectivity index (χ1v) is 9.08. The number of amides is 1. The Kier molecular flexibility index (Phi) is 7.24. The molecule has 0 atom stereocenters. The van der Waals surface area contributed by atoms with Crippen LogP contribution in [0.3, 0.4) is 0 Å². The van der Waals surface area contributed by atoms with Crippen LogP contribution in [0.2, 0.25) is 10.2 Å². The molecule has 1 aromatic heterocycles. The van der Waals surface area contributed by atoms with E-state index in [0.717, 1.165) is 38.2 Å². The van der Waals surface area contributed by atoms with Crippen molar-refractivity contribution >= 4 is 35.1 Å². The zero-order valence-electron chi connectivity index (χ0n) is 14.2. The molecule has 8 heteroatoms. The fourth-order valence-electron chi connectivity index (χ4n) is 2.66. The molecule has 1 aliphatic rings. The summed E-state index contributed by atoms with van der Waals surface area (Å²) < 4.78 is 1.80. The molecule has 0 saturated carbocycles. The summed E-state index contributed by atoms with van der Waals surface area (Å²) in [7, 11) is 1.85. The van der Waals surface area contributed by atoms with Gasteiger partial charge < -0.3 is 20.1 Å². The lowest BCUT2D eigenvalue weighted by molar-refractivity contribution is -0.130. The zero-order valence-corrected chi connectivity index (χ0v) is 15.8. The number of nitrogens with one attached hydrogen (secondary N) is 2. The first-order chi connectivity index (χ1) is 11.5. The minimum absolute atomic E-state index is 0.116. The molecule has 6 nitrogen and oxygen atoms in total. The highest BCUT2D eigenvalue weighted by molar-refractivity contribution is 6.41. The van der Waals surface area contributed by atoms with Crippen LogP contribution in [0.25, 0.3) is 0 Å². The minimum Gasteiger partial charge on any atom is -0.357 e. The molecule has 0 radical (unpaired) electrons. The second kappa shape index (κ2) is 9.18. The Hall–Kier alpha value is -1.40. The first kappa shape index (κ1) is 18.9. The Morgan fingerprint density at radius 1 is 1.25 bits per heavy atom. The third-order valence-electron chi connectivity index (χ3n) is 4.07. The summed E-state index contributed by atoms with van der Waals surface area (Å²) in [4.78, 5) is 18.6. The standard InChI is InChI=1S/C16H25Cl2N5O/c1-3-19-16(20-10-12-9-13(17)15(18)22(12)2)21-11-14(24)23-7-5-4-6-8-23/h9H,3-8,10-11H2,1-2H3,(H2,19,20,21). The highest BCUT2D eigenvalue weighted by Crippen LogP contribution is 2.25. The molecular weight excluding hydrogens is 349 g/mol. The monoisotopic (exact) mass is 373 g/mol. The van der Waals surface area contributed by atoms with Crippen LogP contribution in [-0.4, -0.2) is 47.5 Å². The van der Waals surface area contributed by atoms with Crippen LogP contribution in [0.4, 0.5) is 0 Å². The number of aliphatic imine (C=N–C) groups is 1. The van der Waals surface area contributed by atoms with E-state index in [9.17, 15) is 4.79 Å².